The summed E-state index contributed by atoms with van der Waals surface area (Å²) in [7, 11) is -3.65. The predicted molar refractivity (Wildman–Crippen MR) is 61.1 cm³/mol. The van der Waals surface area contributed by atoms with Gasteiger partial charge in [0.05, 0.1) is 9.79 Å². The van der Waals surface area contributed by atoms with Gasteiger partial charge in [0.2, 0.25) is 9.84 Å². The third kappa shape index (κ3) is 3.40. The Morgan fingerprint density at radius 1 is 0.889 bits per heavy atom. The Morgan fingerprint density at radius 2 is 1.28 bits per heavy atom. The first-order chi connectivity index (χ1) is 8.00. The van der Waals surface area contributed by atoms with E-state index in [-0.39, 0.29) is 68.4 Å². The number of benzene rings is 2. The van der Waals surface area contributed by atoms with Gasteiger partial charge in [0.25, 0.3) is 0 Å². The Kier molecular flexibility index (Phi) is 5.51. The van der Waals surface area contributed by atoms with E-state index in [9.17, 15) is 12.8 Å². The second-order valence-corrected chi connectivity index (χ2v) is 5.40. The quantitative estimate of drug-likeness (QED) is 0.599. The van der Waals surface area contributed by atoms with Gasteiger partial charge >= 0.3 is 51.4 Å². The van der Waals surface area contributed by atoms with E-state index in [1.807, 2.05) is 0 Å². The monoisotopic (exact) mass is 292 g/mol. The van der Waals surface area contributed by atoms with Gasteiger partial charge in [-0.05, 0) is 48.5 Å². The van der Waals surface area contributed by atoms with Crippen LogP contribution in [0.4, 0.5) is 4.39 Å². The molecule has 0 heterocycles. The summed E-state index contributed by atoms with van der Waals surface area (Å²) in [6.07, 6.45) is 0. The van der Waals surface area contributed by atoms with Crippen LogP contribution in [-0.4, -0.2) is 13.5 Å². The van der Waals surface area contributed by atoms with Gasteiger partial charge in [0.1, 0.15) is 11.6 Å². The molecule has 0 bridgehead atoms. The van der Waals surface area contributed by atoms with Gasteiger partial charge in [0.15, 0.2) is 0 Å². The molecule has 2 rings (SSSR count). The molecule has 3 nitrogen and oxygen atoms in total. The van der Waals surface area contributed by atoms with Gasteiger partial charge in [-0.15, -0.1) is 0 Å². The Bertz CT molecular complexity index is 576. The van der Waals surface area contributed by atoms with Crippen molar-refractivity contribution in [1.82, 2.24) is 0 Å². The second kappa shape index (κ2) is 6.27. The molecule has 0 spiro atoms. The average molecular weight is 292 g/mol. The van der Waals surface area contributed by atoms with E-state index in [0.29, 0.717) is 0 Å². The molecular formula is C12H10FKO3S. The van der Waals surface area contributed by atoms with Crippen LogP contribution in [0.1, 0.15) is 1.43 Å². The molecule has 0 fully saturated rings. The van der Waals surface area contributed by atoms with Crippen LogP contribution < -0.4 is 51.4 Å². The Morgan fingerprint density at radius 3 is 1.72 bits per heavy atom. The van der Waals surface area contributed by atoms with Crippen LogP contribution in [0.5, 0.6) is 5.75 Å². The van der Waals surface area contributed by atoms with E-state index in [4.69, 9.17) is 5.11 Å². The summed E-state index contributed by atoms with van der Waals surface area (Å²) in [5.41, 5.74) is 0. The Balaban J connectivity index is 0.00000162. The van der Waals surface area contributed by atoms with Crippen molar-refractivity contribution in [3.63, 3.8) is 0 Å². The molecule has 0 saturated heterocycles. The molecular weight excluding hydrogens is 282 g/mol. The van der Waals surface area contributed by atoms with Crippen molar-refractivity contribution in [2.45, 2.75) is 9.79 Å². The summed E-state index contributed by atoms with van der Waals surface area (Å²) in [6.45, 7) is 0. The molecule has 0 atom stereocenters. The Hall–Kier alpha value is -0.244. The predicted octanol–water partition coefficient (Wildman–Crippen LogP) is -0.519. The van der Waals surface area contributed by atoms with E-state index in [1.165, 1.54) is 36.4 Å². The molecule has 0 aliphatic heterocycles. The fourth-order valence-electron chi connectivity index (χ4n) is 1.38. The molecule has 0 aliphatic carbocycles. The molecule has 18 heavy (non-hydrogen) atoms. The van der Waals surface area contributed by atoms with E-state index in [2.05, 4.69) is 0 Å². The van der Waals surface area contributed by atoms with Crippen LogP contribution in [0, 0.1) is 5.82 Å². The second-order valence-electron chi connectivity index (χ2n) is 3.45. The zero-order valence-electron chi connectivity index (χ0n) is 10.7. The maximum absolute atomic E-state index is 12.7. The summed E-state index contributed by atoms with van der Waals surface area (Å²) < 4.78 is 36.8. The number of phenols is 1. The van der Waals surface area contributed by atoms with E-state index < -0.39 is 15.7 Å². The summed E-state index contributed by atoms with van der Waals surface area (Å²) >= 11 is 0. The van der Waals surface area contributed by atoms with Crippen molar-refractivity contribution < 1.29 is 70.7 Å². The molecule has 2 aromatic carbocycles. The summed E-state index contributed by atoms with van der Waals surface area (Å²) in [5.74, 6) is -0.502. The van der Waals surface area contributed by atoms with Crippen molar-refractivity contribution in [1.29, 1.82) is 0 Å². The van der Waals surface area contributed by atoms with E-state index in [0.717, 1.165) is 12.1 Å². The number of hydrogen-bond acceptors (Lipinski definition) is 3. The molecule has 2 aromatic rings. The Labute approximate surface area is 148 Å². The van der Waals surface area contributed by atoms with Crippen molar-refractivity contribution >= 4 is 9.84 Å². The van der Waals surface area contributed by atoms with Crippen LogP contribution in [0.15, 0.2) is 58.3 Å². The van der Waals surface area contributed by atoms with Gasteiger partial charge in [0, 0.05) is 0 Å². The van der Waals surface area contributed by atoms with Crippen LogP contribution in [-0.2, 0) is 9.84 Å². The first-order valence-electron chi connectivity index (χ1n) is 4.80. The largest absolute Gasteiger partial charge is 1.00 e. The van der Waals surface area contributed by atoms with Crippen molar-refractivity contribution in [2.75, 3.05) is 0 Å². The molecule has 6 heteroatoms. The number of phenolic OH excluding ortho intramolecular Hbond substituents is 1. The molecule has 0 amide bonds. The summed E-state index contributed by atoms with van der Waals surface area (Å²) in [5, 5.41) is 9.08. The standard InChI is InChI=1S/C12H9FO3S.K.H/c13-9-1-5-11(6-2-9)17(15,16)12-7-3-10(14)4-8-12;;/h1-8,14H;;/q;+1;-1. The SMILES string of the molecule is O=S(=O)(c1ccc(O)cc1)c1ccc(F)cc1.[H-].[K+]. The first kappa shape index (κ1) is 15.8. The topological polar surface area (TPSA) is 54.4 Å². The van der Waals surface area contributed by atoms with Gasteiger partial charge in [-0.1, -0.05) is 0 Å². The first-order valence-corrected chi connectivity index (χ1v) is 6.28. The van der Waals surface area contributed by atoms with Gasteiger partial charge in [-0.25, -0.2) is 12.8 Å². The zero-order valence-corrected chi connectivity index (χ0v) is 13.6. The molecule has 0 aliphatic rings. The normalized spacial score (nSPS) is 10.7. The maximum Gasteiger partial charge on any atom is 1.00 e. The zero-order chi connectivity index (χ0) is 12.5. The summed E-state index contributed by atoms with van der Waals surface area (Å²) in [4.78, 5) is 0.0755. The molecule has 1 N–H and O–H groups in total. The number of halogens is 1. The number of aromatic hydroxyl groups is 1. The number of hydrogen-bond donors (Lipinski definition) is 1. The third-order valence-electron chi connectivity index (χ3n) is 2.27. The smallest absolute Gasteiger partial charge is 1.00 e. The average Bonchev–Trinajstić information content (AvgIpc) is 2.30. The third-order valence-corrected chi connectivity index (χ3v) is 4.06. The molecule has 0 aromatic heterocycles. The minimum Gasteiger partial charge on any atom is -1.00 e. The minimum atomic E-state index is -3.65. The molecule has 0 radical (unpaired) electrons. The van der Waals surface area contributed by atoms with Gasteiger partial charge < -0.3 is 6.53 Å². The number of sulfone groups is 1. The van der Waals surface area contributed by atoms with E-state index in [1.54, 1.807) is 0 Å². The van der Waals surface area contributed by atoms with Crippen LogP contribution in [0.25, 0.3) is 0 Å². The maximum atomic E-state index is 12.7. The fraction of sp³-hybridized carbons (Fsp3) is 0. The van der Waals surface area contributed by atoms with Crippen LogP contribution in [0.3, 0.4) is 0 Å². The van der Waals surface area contributed by atoms with Crippen molar-refractivity contribution in [2.24, 2.45) is 0 Å². The molecule has 0 saturated carbocycles. The van der Waals surface area contributed by atoms with Crippen LogP contribution in [0.2, 0.25) is 0 Å². The van der Waals surface area contributed by atoms with Gasteiger partial charge in [-0.2, -0.15) is 0 Å². The van der Waals surface area contributed by atoms with Crippen molar-refractivity contribution in [3.8, 4) is 5.75 Å². The molecule has 90 valence electrons. The molecule has 0 unspecified atom stereocenters. The minimum absolute atomic E-state index is 0. The fourth-order valence-corrected chi connectivity index (χ4v) is 2.64. The van der Waals surface area contributed by atoms with Crippen LogP contribution >= 0.6 is 0 Å². The van der Waals surface area contributed by atoms with Crippen molar-refractivity contribution in [3.05, 3.63) is 54.3 Å². The number of rotatable bonds is 2. The van der Waals surface area contributed by atoms with Gasteiger partial charge in [-0.3, -0.25) is 0 Å². The van der Waals surface area contributed by atoms with E-state index >= 15 is 0 Å². The summed E-state index contributed by atoms with van der Waals surface area (Å²) in [6, 6.07) is 9.77.